The molecule has 0 aliphatic carbocycles. The van der Waals surface area contributed by atoms with E-state index in [-0.39, 0.29) is 6.03 Å². The number of urea groups is 1. The molecule has 0 radical (unpaired) electrons. The van der Waals surface area contributed by atoms with Gasteiger partial charge in [0.15, 0.2) is 5.75 Å². The molecule has 28 heavy (non-hydrogen) atoms. The predicted octanol–water partition coefficient (Wildman–Crippen LogP) is 5.06. The molecular formula is C23H24N2O3. The average molecular weight is 376 g/mol. The van der Waals surface area contributed by atoms with Crippen LogP contribution in [0.1, 0.15) is 18.6 Å². The number of benzene rings is 3. The Hall–Kier alpha value is -3.31. The molecule has 0 bridgehead atoms. The van der Waals surface area contributed by atoms with Gasteiger partial charge in [-0.3, -0.25) is 0 Å². The maximum atomic E-state index is 12.7. The van der Waals surface area contributed by atoms with Gasteiger partial charge in [0, 0.05) is 7.05 Å². The number of nitrogens with one attached hydrogen (secondary N) is 1. The van der Waals surface area contributed by atoms with Crippen molar-refractivity contribution >= 4 is 11.7 Å². The molecule has 3 aromatic carbocycles. The van der Waals surface area contributed by atoms with Crippen molar-refractivity contribution < 1.29 is 14.6 Å². The highest BCUT2D eigenvalue weighted by Gasteiger charge is 2.24. The van der Waals surface area contributed by atoms with E-state index < -0.39 is 12.1 Å². The number of amides is 2. The molecule has 2 N–H and O–H groups in total. The van der Waals surface area contributed by atoms with Crippen LogP contribution in [0, 0.1) is 0 Å². The van der Waals surface area contributed by atoms with Crippen molar-refractivity contribution in [2.45, 2.75) is 19.1 Å². The Morgan fingerprint density at radius 1 is 0.929 bits per heavy atom. The lowest BCUT2D eigenvalue weighted by Gasteiger charge is -2.29. The van der Waals surface area contributed by atoms with Crippen LogP contribution in [0.15, 0.2) is 84.9 Å². The van der Waals surface area contributed by atoms with E-state index in [1.54, 1.807) is 19.2 Å². The molecule has 0 fully saturated rings. The van der Waals surface area contributed by atoms with Crippen molar-refractivity contribution in [1.29, 1.82) is 0 Å². The summed E-state index contributed by atoms with van der Waals surface area (Å²) in [7, 11) is 1.66. The zero-order valence-electron chi connectivity index (χ0n) is 15.9. The van der Waals surface area contributed by atoms with Crippen LogP contribution in [0.2, 0.25) is 0 Å². The second-order valence-corrected chi connectivity index (χ2v) is 6.55. The van der Waals surface area contributed by atoms with Gasteiger partial charge in [0.25, 0.3) is 0 Å². The minimum Gasteiger partial charge on any atom is -0.455 e. The molecular weight excluding hydrogens is 352 g/mol. The van der Waals surface area contributed by atoms with Gasteiger partial charge in [0.1, 0.15) is 5.75 Å². The molecule has 0 spiro atoms. The highest BCUT2D eigenvalue weighted by atomic mass is 16.5. The lowest BCUT2D eigenvalue weighted by atomic mass is 10.0. The van der Waals surface area contributed by atoms with Gasteiger partial charge in [-0.25, -0.2) is 4.79 Å². The fourth-order valence-electron chi connectivity index (χ4n) is 2.80. The first kappa shape index (κ1) is 19.5. The van der Waals surface area contributed by atoms with E-state index in [4.69, 9.17) is 4.74 Å². The van der Waals surface area contributed by atoms with Gasteiger partial charge < -0.3 is 20.1 Å². The Kier molecular flexibility index (Phi) is 6.29. The summed E-state index contributed by atoms with van der Waals surface area (Å²) in [6.07, 6.45) is -0.784. The molecule has 2 atom stereocenters. The monoisotopic (exact) mass is 376 g/mol. The molecule has 0 saturated heterocycles. The third-order valence-corrected chi connectivity index (χ3v) is 4.63. The molecule has 3 rings (SSSR count). The Morgan fingerprint density at radius 3 is 2.18 bits per heavy atom. The van der Waals surface area contributed by atoms with E-state index in [9.17, 15) is 9.90 Å². The van der Waals surface area contributed by atoms with E-state index in [0.717, 1.165) is 5.56 Å². The number of anilines is 1. The van der Waals surface area contributed by atoms with Crippen molar-refractivity contribution in [3.8, 4) is 11.5 Å². The van der Waals surface area contributed by atoms with Crippen LogP contribution in [0.5, 0.6) is 11.5 Å². The number of carbonyl (C=O) groups excluding carboxylic acids is 1. The smallest absolute Gasteiger partial charge is 0.322 e. The molecule has 0 aliphatic heterocycles. The fraction of sp³-hybridized carbons (Fsp3) is 0.174. The van der Waals surface area contributed by atoms with Crippen LogP contribution >= 0.6 is 0 Å². The molecule has 0 saturated carbocycles. The van der Waals surface area contributed by atoms with E-state index in [2.05, 4.69) is 5.32 Å². The number of hydrogen-bond acceptors (Lipinski definition) is 3. The molecule has 0 heterocycles. The summed E-state index contributed by atoms with van der Waals surface area (Å²) >= 11 is 0. The first-order valence-electron chi connectivity index (χ1n) is 9.15. The van der Waals surface area contributed by atoms with Gasteiger partial charge in [-0.15, -0.1) is 0 Å². The maximum Gasteiger partial charge on any atom is 0.322 e. The van der Waals surface area contributed by atoms with Gasteiger partial charge >= 0.3 is 6.03 Å². The molecule has 144 valence electrons. The minimum atomic E-state index is -0.784. The average Bonchev–Trinajstić information content (AvgIpc) is 2.75. The van der Waals surface area contributed by atoms with E-state index >= 15 is 0 Å². The number of carbonyl (C=O) groups is 1. The Labute approximate surface area is 165 Å². The van der Waals surface area contributed by atoms with Crippen LogP contribution in [-0.4, -0.2) is 29.1 Å². The maximum absolute atomic E-state index is 12.7. The number of aliphatic hydroxyl groups is 1. The Bertz CT molecular complexity index is 900. The van der Waals surface area contributed by atoms with Crippen LogP contribution in [0.25, 0.3) is 0 Å². The van der Waals surface area contributed by atoms with Crippen molar-refractivity contribution in [2.24, 2.45) is 0 Å². The normalized spacial score (nSPS) is 12.7. The van der Waals surface area contributed by atoms with Gasteiger partial charge in [0.05, 0.1) is 17.8 Å². The molecule has 5 nitrogen and oxygen atoms in total. The molecule has 5 heteroatoms. The standard InChI is InChI=1S/C23H24N2O3/c1-17(22(26)18-11-5-3-6-12-18)25(2)23(27)24-20-15-9-10-16-21(20)28-19-13-7-4-8-14-19/h3-17,22,26H,1-2H3,(H,24,27)/t17-,22-/m1/s1. The second kappa shape index (κ2) is 9.06. The SMILES string of the molecule is C[C@H]([C@@H](O)c1ccccc1)N(C)C(=O)Nc1ccccc1Oc1ccccc1. The number of hydrogen-bond donors (Lipinski definition) is 2. The van der Waals surface area contributed by atoms with Crippen LogP contribution in [0.4, 0.5) is 10.5 Å². The second-order valence-electron chi connectivity index (χ2n) is 6.55. The largest absolute Gasteiger partial charge is 0.455 e. The number of para-hydroxylation sites is 3. The topological polar surface area (TPSA) is 61.8 Å². The van der Waals surface area contributed by atoms with Gasteiger partial charge in [0.2, 0.25) is 0 Å². The zero-order chi connectivity index (χ0) is 19.9. The lowest BCUT2D eigenvalue weighted by Crippen LogP contribution is -2.41. The van der Waals surface area contributed by atoms with Gasteiger partial charge in [-0.05, 0) is 36.8 Å². The van der Waals surface area contributed by atoms with Crippen LogP contribution in [-0.2, 0) is 0 Å². The molecule has 2 amide bonds. The zero-order valence-corrected chi connectivity index (χ0v) is 15.9. The molecule has 0 unspecified atom stereocenters. The Balaban J connectivity index is 1.70. The van der Waals surface area contributed by atoms with Crippen molar-refractivity contribution in [1.82, 2.24) is 4.90 Å². The van der Waals surface area contributed by atoms with E-state index in [0.29, 0.717) is 17.2 Å². The molecule has 0 aliphatic rings. The van der Waals surface area contributed by atoms with Gasteiger partial charge in [-0.1, -0.05) is 60.7 Å². The summed E-state index contributed by atoms with van der Waals surface area (Å²) in [6.45, 7) is 1.81. The van der Waals surface area contributed by atoms with E-state index in [1.165, 1.54) is 4.90 Å². The summed E-state index contributed by atoms with van der Waals surface area (Å²) in [5.74, 6) is 1.23. The van der Waals surface area contributed by atoms with Crippen LogP contribution in [0.3, 0.4) is 0 Å². The van der Waals surface area contributed by atoms with E-state index in [1.807, 2.05) is 79.7 Å². The van der Waals surface area contributed by atoms with Gasteiger partial charge in [-0.2, -0.15) is 0 Å². The highest BCUT2D eigenvalue weighted by molar-refractivity contribution is 5.91. The summed E-state index contributed by atoms with van der Waals surface area (Å²) in [5, 5.41) is 13.4. The van der Waals surface area contributed by atoms with Crippen molar-refractivity contribution in [2.75, 3.05) is 12.4 Å². The van der Waals surface area contributed by atoms with Crippen molar-refractivity contribution in [3.05, 3.63) is 90.5 Å². The first-order valence-corrected chi connectivity index (χ1v) is 9.15. The number of ether oxygens (including phenoxy) is 1. The first-order chi connectivity index (χ1) is 13.6. The number of nitrogens with zero attached hydrogens (tertiary/aromatic N) is 1. The minimum absolute atomic E-state index is 0.327. The fourth-order valence-corrected chi connectivity index (χ4v) is 2.80. The van der Waals surface area contributed by atoms with Crippen LogP contribution < -0.4 is 10.1 Å². The quantitative estimate of drug-likeness (QED) is 0.632. The summed E-state index contributed by atoms with van der Waals surface area (Å²) in [6, 6.07) is 25.2. The predicted molar refractivity (Wildman–Crippen MR) is 111 cm³/mol. The highest BCUT2D eigenvalue weighted by Crippen LogP contribution is 2.29. The summed E-state index contributed by atoms with van der Waals surface area (Å²) in [5.41, 5.74) is 1.33. The molecule has 3 aromatic rings. The van der Waals surface area contributed by atoms with Crippen molar-refractivity contribution in [3.63, 3.8) is 0 Å². The number of rotatable bonds is 6. The summed E-state index contributed by atoms with van der Waals surface area (Å²) < 4.78 is 5.88. The third kappa shape index (κ3) is 4.69. The Morgan fingerprint density at radius 2 is 1.50 bits per heavy atom. The third-order valence-electron chi connectivity index (χ3n) is 4.63. The summed E-state index contributed by atoms with van der Waals surface area (Å²) in [4.78, 5) is 14.2. The number of aliphatic hydroxyl groups excluding tert-OH is 1. The molecule has 0 aromatic heterocycles. The number of likely N-dealkylation sites (N-methyl/N-ethyl adjacent to an activating group) is 1. The lowest BCUT2D eigenvalue weighted by molar-refractivity contribution is 0.0894.